The number of halogens is 1. The summed E-state index contributed by atoms with van der Waals surface area (Å²) in [5.41, 5.74) is 3.41. The van der Waals surface area contributed by atoms with Crippen LogP contribution in [0.5, 0.6) is 0 Å². The Balaban J connectivity index is 2.17. The normalized spacial score (nSPS) is 12.7. The first-order valence-electron chi connectivity index (χ1n) is 6.26. The van der Waals surface area contributed by atoms with Crippen molar-refractivity contribution in [1.82, 2.24) is 9.97 Å². The summed E-state index contributed by atoms with van der Waals surface area (Å²) in [7, 11) is 0. The zero-order valence-electron chi connectivity index (χ0n) is 10.4. The van der Waals surface area contributed by atoms with Crippen molar-refractivity contribution in [1.29, 1.82) is 0 Å². The van der Waals surface area contributed by atoms with Crippen LogP contribution in [0.1, 0.15) is 23.5 Å². The molecule has 0 aliphatic carbocycles. The van der Waals surface area contributed by atoms with Gasteiger partial charge in [-0.25, -0.2) is 0 Å². The maximum atomic E-state index is 6.34. The van der Waals surface area contributed by atoms with Crippen molar-refractivity contribution in [2.45, 2.75) is 12.3 Å². The van der Waals surface area contributed by atoms with E-state index in [1.165, 1.54) is 11.1 Å². The molecule has 2 heterocycles. The number of H-pyrrole nitrogens is 1. The van der Waals surface area contributed by atoms with Gasteiger partial charge in [-0.1, -0.05) is 30.7 Å². The highest BCUT2D eigenvalue weighted by Gasteiger charge is 2.17. The molecular formula is C16H14ClN2. The van der Waals surface area contributed by atoms with E-state index in [9.17, 15) is 0 Å². The van der Waals surface area contributed by atoms with Crippen molar-refractivity contribution >= 4 is 22.5 Å². The highest BCUT2D eigenvalue weighted by atomic mass is 35.5. The second kappa shape index (κ2) is 5.06. The molecule has 1 aromatic carbocycles. The molecule has 0 spiro atoms. The molecular weight excluding hydrogens is 256 g/mol. The minimum atomic E-state index is 0.211. The smallest absolute Gasteiger partial charge is 0.0502 e. The molecule has 0 bridgehead atoms. The summed E-state index contributed by atoms with van der Waals surface area (Å²) >= 11 is 6.34. The second-order valence-corrected chi connectivity index (χ2v) is 4.94. The van der Waals surface area contributed by atoms with E-state index in [1.807, 2.05) is 36.7 Å². The van der Waals surface area contributed by atoms with Crippen LogP contribution >= 0.6 is 11.6 Å². The molecule has 0 amide bonds. The topological polar surface area (TPSA) is 28.7 Å². The molecule has 0 aliphatic rings. The number of benzene rings is 1. The Bertz CT molecular complexity index is 688. The third-order valence-electron chi connectivity index (χ3n) is 3.44. The van der Waals surface area contributed by atoms with Crippen molar-refractivity contribution in [3.63, 3.8) is 0 Å². The van der Waals surface area contributed by atoms with E-state index >= 15 is 0 Å². The quantitative estimate of drug-likeness (QED) is 0.741. The van der Waals surface area contributed by atoms with Gasteiger partial charge in [-0.3, -0.25) is 4.98 Å². The van der Waals surface area contributed by atoms with Gasteiger partial charge in [0.1, 0.15) is 0 Å². The van der Waals surface area contributed by atoms with Gasteiger partial charge in [0.25, 0.3) is 0 Å². The Labute approximate surface area is 117 Å². The first-order chi connectivity index (χ1) is 9.31. The Hall–Kier alpha value is -1.80. The number of aromatic amines is 1. The molecule has 2 aromatic heterocycles. The summed E-state index contributed by atoms with van der Waals surface area (Å²) in [6, 6.07) is 9.94. The number of hydrogen-bond acceptors (Lipinski definition) is 1. The van der Waals surface area contributed by atoms with Crippen LogP contribution in [0.3, 0.4) is 0 Å². The van der Waals surface area contributed by atoms with E-state index in [0.29, 0.717) is 0 Å². The summed E-state index contributed by atoms with van der Waals surface area (Å²) in [6.45, 7) is 4.07. The Kier molecular flexibility index (Phi) is 3.26. The highest BCUT2D eigenvalue weighted by Crippen LogP contribution is 2.36. The second-order valence-electron chi connectivity index (χ2n) is 4.53. The average Bonchev–Trinajstić information content (AvgIpc) is 2.86. The first-order valence-corrected chi connectivity index (χ1v) is 6.63. The molecule has 19 heavy (non-hydrogen) atoms. The lowest BCUT2D eigenvalue weighted by atomic mass is 9.90. The predicted octanol–water partition coefficient (Wildman–Crippen LogP) is 4.57. The fourth-order valence-corrected chi connectivity index (χ4v) is 2.81. The van der Waals surface area contributed by atoms with Gasteiger partial charge in [0.2, 0.25) is 0 Å². The summed E-state index contributed by atoms with van der Waals surface area (Å²) in [6.07, 6.45) is 6.47. The van der Waals surface area contributed by atoms with Gasteiger partial charge in [-0.2, -0.15) is 0 Å². The van der Waals surface area contributed by atoms with Crippen LogP contribution in [0.4, 0.5) is 0 Å². The van der Waals surface area contributed by atoms with Crippen molar-refractivity contribution in [3.8, 4) is 0 Å². The SMILES string of the molecule is [CH2]CC(c1cccnc1)c1c[nH]c2cccc(Cl)c12. The number of hydrogen-bond donors (Lipinski definition) is 1. The Morgan fingerprint density at radius 1 is 1.26 bits per heavy atom. The minimum Gasteiger partial charge on any atom is -0.361 e. The van der Waals surface area contributed by atoms with Crippen LogP contribution in [-0.4, -0.2) is 9.97 Å². The highest BCUT2D eigenvalue weighted by molar-refractivity contribution is 6.35. The largest absolute Gasteiger partial charge is 0.361 e. The number of fused-ring (bicyclic) bond motifs is 1. The van der Waals surface area contributed by atoms with E-state index in [2.05, 4.69) is 23.0 Å². The number of nitrogens with one attached hydrogen (secondary N) is 1. The van der Waals surface area contributed by atoms with E-state index in [0.717, 1.165) is 22.3 Å². The standard InChI is InChI=1S/C16H14ClN2/c1-2-12(11-5-4-8-18-9-11)13-10-19-15-7-3-6-14(17)16(13)15/h3-10,12,19H,1-2H2. The van der Waals surface area contributed by atoms with Crippen LogP contribution in [0, 0.1) is 6.92 Å². The third kappa shape index (κ3) is 2.13. The molecule has 3 rings (SSSR count). The molecule has 1 atom stereocenters. The molecule has 3 aromatic rings. The van der Waals surface area contributed by atoms with Gasteiger partial charge in [-0.05, 0) is 35.7 Å². The zero-order chi connectivity index (χ0) is 13.2. The van der Waals surface area contributed by atoms with Gasteiger partial charge in [0.05, 0.1) is 5.02 Å². The van der Waals surface area contributed by atoms with Crippen molar-refractivity contribution in [2.75, 3.05) is 0 Å². The fraction of sp³-hybridized carbons (Fsp3) is 0.125. The van der Waals surface area contributed by atoms with Crippen LogP contribution in [0.15, 0.2) is 48.9 Å². The zero-order valence-corrected chi connectivity index (χ0v) is 11.2. The summed E-state index contributed by atoms with van der Waals surface area (Å²) in [5, 5.41) is 1.86. The van der Waals surface area contributed by atoms with Crippen LogP contribution in [-0.2, 0) is 0 Å². The average molecular weight is 270 g/mol. The molecule has 0 fully saturated rings. The number of rotatable bonds is 3. The minimum absolute atomic E-state index is 0.211. The number of pyridine rings is 1. The van der Waals surface area contributed by atoms with Crippen LogP contribution < -0.4 is 0 Å². The van der Waals surface area contributed by atoms with Gasteiger partial charge in [-0.15, -0.1) is 0 Å². The predicted molar refractivity (Wildman–Crippen MR) is 79.4 cm³/mol. The van der Waals surface area contributed by atoms with Crippen LogP contribution in [0.2, 0.25) is 5.02 Å². The molecule has 3 heteroatoms. The van der Waals surface area contributed by atoms with Gasteiger partial charge in [0.15, 0.2) is 0 Å². The molecule has 1 unspecified atom stereocenters. The summed E-state index contributed by atoms with van der Waals surface area (Å²) in [5.74, 6) is 0.211. The fourth-order valence-electron chi connectivity index (χ4n) is 2.52. The van der Waals surface area contributed by atoms with Gasteiger partial charge < -0.3 is 4.98 Å². The first kappa shape index (κ1) is 12.2. The van der Waals surface area contributed by atoms with E-state index in [1.54, 1.807) is 6.20 Å². The maximum Gasteiger partial charge on any atom is 0.0502 e. The monoisotopic (exact) mass is 269 g/mol. The Morgan fingerprint density at radius 2 is 2.16 bits per heavy atom. The third-order valence-corrected chi connectivity index (χ3v) is 3.75. The molecule has 0 saturated carbocycles. The molecule has 0 aliphatic heterocycles. The molecule has 1 N–H and O–H groups in total. The van der Waals surface area contributed by atoms with E-state index in [-0.39, 0.29) is 5.92 Å². The Morgan fingerprint density at radius 3 is 2.89 bits per heavy atom. The van der Waals surface area contributed by atoms with Crippen LogP contribution in [0.25, 0.3) is 10.9 Å². The van der Waals surface area contributed by atoms with Gasteiger partial charge in [0, 0.05) is 35.4 Å². The lowest BCUT2D eigenvalue weighted by molar-refractivity contribution is 0.828. The van der Waals surface area contributed by atoms with Crippen molar-refractivity contribution in [3.05, 3.63) is 72.0 Å². The summed E-state index contributed by atoms with van der Waals surface area (Å²) < 4.78 is 0. The van der Waals surface area contributed by atoms with Crippen molar-refractivity contribution in [2.24, 2.45) is 0 Å². The molecule has 2 nitrogen and oxygen atoms in total. The van der Waals surface area contributed by atoms with Gasteiger partial charge >= 0.3 is 0 Å². The summed E-state index contributed by atoms with van der Waals surface area (Å²) in [4.78, 5) is 7.48. The lowest BCUT2D eigenvalue weighted by Crippen LogP contribution is -1.99. The molecule has 0 saturated heterocycles. The molecule has 95 valence electrons. The van der Waals surface area contributed by atoms with Crippen molar-refractivity contribution < 1.29 is 0 Å². The lowest BCUT2D eigenvalue weighted by Gasteiger charge is -2.14. The number of nitrogens with zero attached hydrogens (tertiary/aromatic N) is 1. The van der Waals surface area contributed by atoms with E-state index in [4.69, 9.17) is 11.6 Å². The number of aromatic nitrogens is 2. The maximum absolute atomic E-state index is 6.34. The molecule has 1 radical (unpaired) electrons. The van der Waals surface area contributed by atoms with E-state index < -0.39 is 0 Å².